The molecule has 0 spiro atoms. The van der Waals surface area contributed by atoms with Crippen LogP contribution in [0.25, 0.3) is 0 Å². The molecule has 0 saturated carbocycles. The number of nitro groups is 2. The fraction of sp³-hybridized carbons (Fsp3) is 0.462. The fourth-order valence-corrected chi connectivity index (χ4v) is 2.63. The summed E-state index contributed by atoms with van der Waals surface area (Å²) in [6, 6.07) is 2.75. The van der Waals surface area contributed by atoms with Gasteiger partial charge in [0.05, 0.1) is 33.3 Å². The van der Waals surface area contributed by atoms with E-state index < -0.39 is 43.7 Å². The van der Waals surface area contributed by atoms with Crippen LogP contribution in [0.3, 0.4) is 0 Å². The zero-order valence-electron chi connectivity index (χ0n) is 12.6. The SMILES string of the molecule is CC(C)CCOC(=O)C[S@](=O)c1ccc([N+](=O)[O-])cc1[N+](=O)[O-]. The second kappa shape index (κ2) is 8.32. The molecule has 1 aromatic carbocycles. The summed E-state index contributed by atoms with van der Waals surface area (Å²) in [5.74, 6) is -0.947. The van der Waals surface area contributed by atoms with E-state index in [0.29, 0.717) is 12.3 Å². The lowest BCUT2D eigenvalue weighted by Gasteiger charge is -2.07. The molecule has 0 fully saturated rings. The Bertz CT molecular complexity index is 645. The first-order chi connectivity index (χ1) is 10.7. The average Bonchev–Trinajstić information content (AvgIpc) is 2.45. The molecule has 126 valence electrons. The number of non-ortho nitro benzene ring substituents is 1. The molecule has 9 nitrogen and oxygen atoms in total. The molecular weight excluding hydrogens is 328 g/mol. The van der Waals surface area contributed by atoms with Gasteiger partial charge in [-0.2, -0.15) is 0 Å². The summed E-state index contributed by atoms with van der Waals surface area (Å²) in [6.45, 7) is 4.08. The Kier molecular flexibility index (Phi) is 6.76. The van der Waals surface area contributed by atoms with Gasteiger partial charge in [-0.25, -0.2) is 0 Å². The summed E-state index contributed by atoms with van der Waals surface area (Å²) in [5.41, 5.74) is -1.15. The topological polar surface area (TPSA) is 130 Å². The van der Waals surface area contributed by atoms with E-state index in [1.54, 1.807) is 0 Å². The predicted octanol–water partition coefficient (Wildman–Crippen LogP) is 2.20. The Labute approximate surface area is 134 Å². The highest BCUT2D eigenvalue weighted by atomic mass is 32.2. The van der Waals surface area contributed by atoms with Crippen LogP contribution in [0.4, 0.5) is 11.4 Å². The lowest BCUT2D eigenvalue weighted by molar-refractivity contribution is -0.396. The van der Waals surface area contributed by atoms with Crippen molar-refractivity contribution in [2.45, 2.75) is 25.2 Å². The third-order valence-corrected chi connectivity index (χ3v) is 4.14. The van der Waals surface area contributed by atoms with E-state index in [2.05, 4.69) is 0 Å². The van der Waals surface area contributed by atoms with Crippen LogP contribution in [0.15, 0.2) is 23.1 Å². The average molecular weight is 344 g/mol. The molecular formula is C13H16N2O7S. The fourth-order valence-electron chi connectivity index (χ4n) is 1.59. The lowest BCUT2D eigenvalue weighted by atomic mass is 10.1. The third-order valence-electron chi connectivity index (χ3n) is 2.80. The van der Waals surface area contributed by atoms with E-state index in [4.69, 9.17) is 4.74 Å². The van der Waals surface area contributed by atoms with Crippen LogP contribution in [0, 0.1) is 26.1 Å². The number of rotatable bonds is 8. The van der Waals surface area contributed by atoms with E-state index in [1.165, 1.54) is 0 Å². The highest BCUT2D eigenvalue weighted by Gasteiger charge is 2.24. The van der Waals surface area contributed by atoms with Crippen LogP contribution in [-0.2, 0) is 20.3 Å². The number of nitro benzene ring substituents is 2. The summed E-state index contributed by atoms with van der Waals surface area (Å²) in [5, 5.41) is 21.6. The molecule has 0 saturated heterocycles. The maximum absolute atomic E-state index is 12.1. The molecule has 23 heavy (non-hydrogen) atoms. The lowest BCUT2D eigenvalue weighted by Crippen LogP contribution is -2.16. The summed E-state index contributed by atoms with van der Waals surface area (Å²) < 4.78 is 17.0. The van der Waals surface area contributed by atoms with E-state index >= 15 is 0 Å². The summed E-state index contributed by atoms with van der Waals surface area (Å²) in [7, 11) is -2.02. The predicted molar refractivity (Wildman–Crippen MR) is 81.4 cm³/mol. The van der Waals surface area contributed by atoms with Gasteiger partial charge in [-0.1, -0.05) is 13.8 Å². The van der Waals surface area contributed by atoms with Crippen LogP contribution in [-0.4, -0.2) is 32.4 Å². The minimum Gasteiger partial charge on any atom is -0.465 e. The molecule has 0 aliphatic carbocycles. The molecule has 0 radical (unpaired) electrons. The molecule has 0 amide bonds. The van der Waals surface area contributed by atoms with Gasteiger partial charge in [0.2, 0.25) is 0 Å². The zero-order valence-corrected chi connectivity index (χ0v) is 13.4. The number of nitrogens with zero attached hydrogens (tertiary/aromatic N) is 2. The second-order valence-corrected chi connectivity index (χ2v) is 6.48. The van der Waals surface area contributed by atoms with Gasteiger partial charge in [0.15, 0.2) is 0 Å². The molecule has 0 N–H and O–H groups in total. The van der Waals surface area contributed by atoms with Gasteiger partial charge in [-0.3, -0.25) is 29.2 Å². The molecule has 0 heterocycles. The zero-order chi connectivity index (χ0) is 17.6. The van der Waals surface area contributed by atoms with E-state index in [-0.39, 0.29) is 11.5 Å². The van der Waals surface area contributed by atoms with Crippen molar-refractivity contribution in [2.75, 3.05) is 12.4 Å². The van der Waals surface area contributed by atoms with Crippen molar-refractivity contribution in [3.05, 3.63) is 38.4 Å². The van der Waals surface area contributed by atoms with Crippen molar-refractivity contribution < 1.29 is 23.6 Å². The van der Waals surface area contributed by atoms with Gasteiger partial charge in [0.1, 0.15) is 10.6 Å². The van der Waals surface area contributed by atoms with Crippen molar-refractivity contribution in [1.29, 1.82) is 0 Å². The second-order valence-electron chi connectivity index (χ2n) is 5.06. The van der Waals surface area contributed by atoms with Crippen LogP contribution >= 0.6 is 0 Å². The van der Waals surface area contributed by atoms with Crippen molar-refractivity contribution in [2.24, 2.45) is 5.92 Å². The van der Waals surface area contributed by atoms with Gasteiger partial charge in [-0.15, -0.1) is 0 Å². The molecule has 0 aliphatic rings. The number of carbonyl (C=O) groups excluding carboxylic acids is 1. The number of carbonyl (C=O) groups is 1. The van der Waals surface area contributed by atoms with Crippen molar-refractivity contribution in [3.8, 4) is 0 Å². The molecule has 1 atom stereocenters. The normalized spacial score (nSPS) is 12.0. The Balaban J connectivity index is 2.85. The molecule has 0 aromatic heterocycles. The van der Waals surface area contributed by atoms with Gasteiger partial charge >= 0.3 is 5.97 Å². The first-order valence-corrected chi connectivity index (χ1v) is 8.01. The maximum Gasteiger partial charge on any atom is 0.318 e. The Hall–Kier alpha value is -2.36. The van der Waals surface area contributed by atoms with Gasteiger partial charge < -0.3 is 4.74 Å². The Morgan fingerprint density at radius 3 is 2.43 bits per heavy atom. The van der Waals surface area contributed by atoms with Crippen LogP contribution < -0.4 is 0 Å². The smallest absolute Gasteiger partial charge is 0.318 e. The molecule has 1 rings (SSSR count). The standard InChI is InChI=1S/C13H16N2O7S/c1-9(2)5-6-22-13(16)8-23(21)12-4-3-10(14(17)18)7-11(12)15(19)20/h3-4,7,9H,5-6,8H2,1-2H3/t23-/m0/s1. The number of esters is 1. The largest absolute Gasteiger partial charge is 0.465 e. The molecule has 1 aromatic rings. The Morgan fingerprint density at radius 2 is 1.91 bits per heavy atom. The van der Waals surface area contributed by atoms with Crippen molar-refractivity contribution in [3.63, 3.8) is 0 Å². The van der Waals surface area contributed by atoms with E-state index in [9.17, 15) is 29.2 Å². The first kappa shape index (κ1) is 18.7. The summed E-state index contributed by atoms with van der Waals surface area (Å²) in [6.07, 6.45) is 0.649. The number of ether oxygens (including phenoxy) is 1. The van der Waals surface area contributed by atoms with Crippen molar-refractivity contribution >= 4 is 28.1 Å². The molecule has 0 aliphatic heterocycles. The van der Waals surface area contributed by atoms with Crippen LogP contribution in [0.2, 0.25) is 0 Å². The minimum absolute atomic E-state index is 0.177. The van der Waals surface area contributed by atoms with Gasteiger partial charge in [0.25, 0.3) is 11.4 Å². The Morgan fingerprint density at radius 1 is 1.26 bits per heavy atom. The number of hydrogen-bond acceptors (Lipinski definition) is 7. The summed E-state index contributed by atoms with van der Waals surface area (Å²) in [4.78, 5) is 31.3. The molecule has 0 bridgehead atoms. The number of benzene rings is 1. The first-order valence-electron chi connectivity index (χ1n) is 6.69. The summed E-state index contributed by atoms with van der Waals surface area (Å²) >= 11 is 0. The highest BCUT2D eigenvalue weighted by molar-refractivity contribution is 7.85. The maximum atomic E-state index is 12.1. The van der Waals surface area contributed by atoms with Crippen LogP contribution in [0.1, 0.15) is 20.3 Å². The van der Waals surface area contributed by atoms with Gasteiger partial charge in [0, 0.05) is 6.07 Å². The van der Waals surface area contributed by atoms with Crippen molar-refractivity contribution in [1.82, 2.24) is 0 Å². The van der Waals surface area contributed by atoms with Gasteiger partial charge in [-0.05, 0) is 18.4 Å². The molecule has 10 heteroatoms. The van der Waals surface area contributed by atoms with E-state index in [1.807, 2.05) is 13.8 Å². The number of hydrogen-bond donors (Lipinski definition) is 0. The quantitative estimate of drug-likeness (QED) is 0.401. The third kappa shape index (κ3) is 5.74. The molecule has 0 unspecified atom stereocenters. The highest BCUT2D eigenvalue weighted by Crippen LogP contribution is 2.27. The van der Waals surface area contributed by atoms with E-state index in [0.717, 1.165) is 18.2 Å². The monoisotopic (exact) mass is 344 g/mol. The minimum atomic E-state index is -2.02. The van der Waals surface area contributed by atoms with Crippen LogP contribution in [0.5, 0.6) is 0 Å².